The lowest BCUT2D eigenvalue weighted by Crippen LogP contribution is -2.60. The van der Waals surface area contributed by atoms with E-state index < -0.39 is 0 Å². The number of ether oxygens (including phenoxy) is 2. The van der Waals surface area contributed by atoms with E-state index in [1.807, 2.05) is 36.1 Å². The Balaban J connectivity index is 1.36. The van der Waals surface area contributed by atoms with Gasteiger partial charge in [0, 0.05) is 26.2 Å². The number of morpholine rings is 1. The topological polar surface area (TPSA) is 54.0 Å². The Morgan fingerprint density at radius 3 is 3.04 bits per heavy atom. The summed E-state index contributed by atoms with van der Waals surface area (Å²) in [7, 11) is 2.12. The number of piperidine rings is 1. The van der Waals surface area contributed by atoms with Crippen LogP contribution in [0.15, 0.2) is 24.3 Å². The quantitative estimate of drug-likeness (QED) is 0.827. The van der Waals surface area contributed by atoms with Crippen molar-refractivity contribution in [2.75, 3.05) is 46.4 Å². The summed E-state index contributed by atoms with van der Waals surface area (Å²) in [5, 5.41) is 3.01. The molecule has 2 aliphatic rings. The van der Waals surface area contributed by atoms with Gasteiger partial charge < -0.3 is 19.7 Å². The minimum absolute atomic E-state index is 0.0216. The smallest absolute Gasteiger partial charge is 0.317 e. The van der Waals surface area contributed by atoms with Crippen molar-refractivity contribution in [1.82, 2.24) is 15.1 Å². The van der Waals surface area contributed by atoms with Gasteiger partial charge in [-0.15, -0.1) is 0 Å². The number of para-hydroxylation sites is 1. The first-order chi connectivity index (χ1) is 12.1. The molecule has 2 atom stereocenters. The molecule has 0 aliphatic carbocycles. The van der Waals surface area contributed by atoms with Gasteiger partial charge in [-0.05, 0) is 38.4 Å². The van der Waals surface area contributed by atoms with E-state index in [1.54, 1.807) is 0 Å². The third kappa shape index (κ3) is 4.64. The average molecular weight is 347 g/mol. The van der Waals surface area contributed by atoms with Crippen molar-refractivity contribution in [3.8, 4) is 5.75 Å². The zero-order valence-electron chi connectivity index (χ0n) is 15.2. The van der Waals surface area contributed by atoms with Crippen molar-refractivity contribution in [2.45, 2.75) is 31.9 Å². The molecule has 6 nitrogen and oxygen atoms in total. The maximum absolute atomic E-state index is 12.4. The second-order valence-electron chi connectivity index (χ2n) is 6.89. The van der Waals surface area contributed by atoms with Crippen molar-refractivity contribution < 1.29 is 14.3 Å². The van der Waals surface area contributed by atoms with Crippen LogP contribution in [0.1, 0.15) is 18.4 Å². The Morgan fingerprint density at radius 1 is 1.36 bits per heavy atom. The summed E-state index contributed by atoms with van der Waals surface area (Å²) in [4.78, 5) is 16.6. The van der Waals surface area contributed by atoms with Crippen LogP contribution in [0.3, 0.4) is 0 Å². The molecule has 1 aromatic rings. The number of benzene rings is 1. The lowest BCUT2D eigenvalue weighted by Gasteiger charge is -2.45. The third-order valence-corrected chi connectivity index (χ3v) is 5.10. The fraction of sp³-hybridized carbons (Fsp3) is 0.632. The first-order valence-corrected chi connectivity index (χ1v) is 9.18. The number of urea groups is 1. The number of amides is 2. The Bertz CT molecular complexity index is 581. The minimum Gasteiger partial charge on any atom is -0.493 e. The Morgan fingerprint density at radius 2 is 2.20 bits per heavy atom. The number of nitrogens with zero attached hydrogens (tertiary/aromatic N) is 2. The molecule has 2 aliphatic heterocycles. The Kier molecular flexibility index (Phi) is 6.15. The third-order valence-electron chi connectivity index (χ3n) is 5.10. The van der Waals surface area contributed by atoms with Gasteiger partial charge in [-0.2, -0.15) is 0 Å². The number of fused-ring (bicyclic) bond motifs is 1. The van der Waals surface area contributed by atoms with E-state index in [9.17, 15) is 4.79 Å². The molecular weight excluding hydrogens is 318 g/mol. The zero-order valence-corrected chi connectivity index (χ0v) is 15.2. The maximum Gasteiger partial charge on any atom is 0.317 e. The molecule has 2 saturated heterocycles. The van der Waals surface area contributed by atoms with E-state index in [1.165, 1.54) is 0 Å². The Hall–Kier alpha value is -1.79. The molecule has 0 saturated carbocycles. The summed E-state index contributed by atoms with van der Waals surface area (Å²) >= 11 is 0. The summed E-state index contributed by atoms with van der Waals surface area (Å²) in [5.74, 6) is 0.913. The molecule has 0 aromatic heterocycles. The van der Waals surface area contributed by atoms with Gasteiger partial charge in [-0.25, -0.2) is 4.79 Å². The number of likely N-dealkylation sites (N-methyl/N-ethyl adjacent to an activating group) is 1. The van der Waals surface area contributed by atoms with Gasteiger partial charge in [0.05, 0.1) is 25.4 Å². The molecule has 1 aromatic carbocycles. The fourth-order valence-electron chi connectivity index (χ4n) is 3.51. The number of aryl methyl sites for hydroxylation is 1. The molecule has 2 fully saturated rings. The molecule has 0 radical (unpaired) electrons. The lowest BCUT2D eigenvalue weighted by molar-refractivity contribution is -0.0881. The molecule has 2 heterocycles. The van der Waals surface area contributed by atoms with Crippen molar-refractivity contribution in [3.05, 3.63) is 29.8 Å². The van der Waals surface area contributed by atoms with Gasteiger partial charge in [-0.3, -0.25) is 4.90 Å². The van der Waals surface area contributed by atoms with Crippen LogP contribution in [0.25, 0.3) is 0 Å². The number of likely N-dealkylation sites (tertiary alicyclic amines) is 1. The van der Waals surface area contributed by atoms with Gasteiger partial charge in [0.1, 0.15) is 5.75 Å². The van der Waals surface area contributed by atoms with E-state index >= 15 is 0 Å². The van der Waals surface area contributed by atoms with Gasteiger partial charge in [-0.1, -0.05) is 18.2 Å². The molecule has 0 bridgehead atoms. The minimum atomic E-state index is 0.0216. The largest absolute Gasteiger partial charge is 0.493 e. The van der Waals surface area contributed by atoms with Crippen LogP contribution in [0.5, 0.6) is 5.75 Å². The first-order valence-electron chi connectivity index (χ1n) is 9.18. The fourth-order valence-corrected chi connectivity index (χ4v) is 3.51. The van der Waals surface area contributed by atoms with E-state index in [2.05, 4.69) is 17.3 Å². The van der Waals surface area contributed by atoms with Crippen LogP contribution < -0.4 is 10.1 Å². The first kappa shape index (κ1) is 18.0. The molecule has 25 heavy (non-hydrogen) atoms. The van der Waals surface area contributed by atoms with E-state index in [0.717, 1.165) is 50.4 Å². The lowest BCUT2D eigenvalue weighted by atomic mass is 9.99. The van der Waals surface area contributed by atoms with Gasteiger partial charge >= 0.3 is 6.03 Å². The number of hydrogen-bond acceptors (Lipinski definition) is 4. The number of nitrogens with one attached hydrogen (secondary N) is 1. The SMILES string of the molecule is Cc1ccccc1OCCCNC(=O)N1CC[C@@H]2OCCN(C)[C@@H]2C1. The van der Waals surface area contributed by atoms with E-state index in [4.69, 9.17) is 9.47 Å². The van der Waals surface area contributed by atoms with E-state index in [0.29, 0.717) is 19.2 Å². The molecule has 2 amide bonds. The number of carbonyl (C=O) groups excluding carboxylic acids is 1. The number of rotatable bonds is 5. The van der Waals surface area contributed by atoms with Crippen LogP contribution in [0, 0.1) is 6.92 Å². The predicted octanol–water partition coefficient (Wildman–Crippen LogP) is 1.88. The van der Waals surface area contributed by atoms with Crippen LogP contribution in [-0.2, 0) is 4.74 Å². The zero-order chi connectivity index (χ0) is 17.6. The highest BCUT2D eigenvalue weighted by molar-refractivity contribution is 5.74. The highest BCUT2D eigenvalue weighted by Crippen LogP contribution is 2.22. The van der Waals surface area contributed by atoms with Crippen molar-refractivity contribution >= 4 is 6.03 Å². The Labute approximate surface area is 150 Å². The van der Waals surface area contributed by atoms with Crippen LogP contribution >= 0.6 is 0 Å². The number of hydrogen-bond donors (Lipinski definition) is 1. The molecule has 1 N–H and O–H groups in total. The molecule has 138 valence electrons. The summed E-state index contributed by atoms with van der Waals surface area (Å²) in [6.07, 6.45) is 1.98. The van der Waals surface area contributed by atoms with Gasteiger partial charge in [0.15, 0.2) is 0 Å². The van der Waals surface area contributed by atoms with Crippen LogP contribution in [0.4, 0.5) is 4.79 Å². The summed E-state index contributed by atoms with van der Waals surface area (Å²) in [6, 6.07) is 8.32. The van der Waals surface area contributed by atoms with E-state index in [-0.39, 0.29) is 12.1 Å². The van der Waals surface area contributed by atoms with Crippen molar-refractivity contribution in [1.29, 1.82) is 0 Å². The van der Waals surface area contributed by atoms with Crippen LogP contribution in [-0.4, -0.2) is 74.4 Å². The molecular formula is C19H29N3O3. The maximum atomic E-state index is 12.4. The van der Waals surface area contributed by atoms with Crippen LogP contribution in [0.2, 0.25) is 0 Å². The van der Waals surface area contributed by atoms with Gasteiger partial charge in [0.2, 0.25) is 0 Å². The normalized spacial score (nSPS) is 23.8. The highest BCUT2D eigenvalue weighted by Gasteiger charge is 2.36. The molecule has 0 unspecified atom stereocenters. The predicted molar refractivity (Wildman–Crippen MR) is 97.0 cm³/mol. The summed E-state index contributed by atoms with van der Waals surface area (Å²) < 4.78 is 11.6. The monoisotopic (exact) mass is 347 g/mol. The summed E-state index contributed by atoms with van der Waals surface area (Å²) in [5.41, 5.74) is 1.13. The summed E-state index contributed by atoms with van der Waals surface area (Å²) in [6.45, 7) is 6.51. The highest BCUT2D eigenvalue weighted by atomic mass is 16.5. The van der Waals surface area contributed by atoms with Crippen molar-refractivity contribution in [3.63, 3.8) is 0 Å². The standard InChI is InChI=1S/C19H29N3O3/c1-15-6-3-4-7-17(15)24-12-5-9-20-19(23)22-10-8-18-16(14-22)21(2)11-13-25-18/h3-4,6-7,16,18H,5,8-14H2,1-2H3,(H,20,23)/t16-,18+/m1/s1. The molecule has 0 spiro atoms. The average Bonchev–Trinajstić information content (AvgIpc) is 2.63. The number of carbonyl (C=O) groups is 1. The van der Waals surface area contributed by atoms with Crippen molar-refractivity contribution in [2.24, 2.45) is 0 Å². The molecule has 6 heteroatoms. The van der Waals surface area contributed by atoms with Gasteiger partial charge in [0.25, 0.3) is 0 Å². The second kappa shape index (κ2) is 8.54. The molecule has 3 rings (SSSR count). The second-order valence-corrected chi connectivity index (χ2v) is 6.89.